The number of aliphatic carboxylic acids is 2. The molecule has 2 heterocycles. The number of carbonyl (C=O) groups is 4. The summed E-state index contributed by atoms with van der Waals surface area (Å²) >= 11 is 6.19. The van der Waals surface area contributed by atoms with Crippen LogP contribution in [0.3, 0.4) is 0 Å². The first-order valence-electron chi connectivity index (χ1n) is 16.0. The lowest BCUT2D eigenvalue weighted by atomic mass is 9.93. The quantitative estimate of drug-likeness (QED) is 0.115. The minimum absolute atomic E-state index is 0.0566. The number of rotatable bonds is 14. The lowest BCUT2D eigenvalue weighted by Crippen LogP contribution is -2.43. The number of urea groups is 1. The van der Waals surface area contributed by atoms with Gasteiger partial charge in [0.25, 0.3) is 0 Å². The van der Waals surface area contributed by atoms with E-state index in [1.54, 1.807) is 29.1 Å². The molecule has 4 aromatic rings. The van der Waals surface area contributed by atoms with Crippen LogP contribution >= 0.6 is 11.6 Å². The molecule has 0 aliphatic carbocycles. The van der Waals surface area contributed by atoms with E-state index < -0.39 is 24.0 Å². The summed E-state index contributed by atoms with van der Waals surface area (Å²) < 4.78 is 7.67. The second-order valence-electron chi connectivity index (χ2n) is 11.8. The second kappa shape index (κ2) is 16.2. The first-order chi connectivity index (χ1) is 23.6. The van der Waals surface area contributed by atoms with Crippen molar-refractivity contribution >= 4 is 46.9 Å². The van der Waals surface area contributed by atoms with E-state index in [-0.39, 0.29) is 18.7 Å². The highest BCUT2D eigenvalue weighted by molar-refractivity contribution is 6.31. The van der Waals surface area contributed by atoms with Crippen molar-refractivity contribution in [1.29, 1.82) is 0 Å². The molecule has 3 aromatic carbocycles. The van der Waals surface area contributed by atoms with Gasteiger partial charge in [-0.3, -0.25) is 14.3 Å². The van der Waals surface area contributed by atoms with Gasteiger partial charge in [0.15, 0.2) is 0 Å². The van der Waals surface area contributed by atoms with Crippen molar-refractivity contribution in [3.63, 3.8) is 0 Å². The summed E-state index contributed by atoms with van der Waals surface area (Å²) in [5.41, 5.74) is 6.12. The number of nitrogens with one attached hydrogen (secondary N) is 2. The lowest BCUT2D eigenvalue weighted by molar-refractivity contribution is -0.140. The Balaban J connectivity index is 1.20. The third-order valence-electron chi connectivity index (χ3n) is 8.29. The third kappa shape index (κ3) is 9.17. The summed E-state index contributed by atoms with van der Waals surface area (Å²) in [6.45, 7) is 3.39. The maximum atomic E-state index is 13.3. The van der Waals surface area contributed by atoms with Crippen LogP contribution in [0.2, 0.25) is 5.02 Å². The number of aromatic nitrogens is 2. The molecule has 1 aliphatic heterocycles. The summed E-state index contributed by atoms with van der Waals surface area (Å²) in [5.74, 6) is -1.68. The number of halogens is 1. The molecule has 0 saturated carbocycles. The number of ether oxygens (including phenoxy) is 1. The van der Waals surface area contributed by atoms with Gasteiger partial charge in [-0.05, 0) is 79.6 Å². The Kier molecular flexibility index (Phi) is 11.5. The Morgan fingerprint density at radius 3 is 2.63 bits per heavy atom. The van der Waals surface area contributed by atoms with Crippen molar-refractivity contribution in [2.24, 2.45) is 0 Å². The van der Waals surface area contributed by atoms with Crippen LogP contribution in [0.25, 0.3) is 11.1 Å². The van der Waals surface area contributed by atoms with Crippen molar-refractivity contribution in [2.45, 2.75) is 58.0 Å². The molecule has 1 aromatic heterocycles. The Labute approximate surface area is 288 Å². The number of carbonyl (C=O) groups excluding carboxylic acids is 2. The summed E-state index contributed by atoms with van der Waals surface area (Å²) in [4.78, 5) is 49.9. The molecule has 0 spiro atoms. The second-order valence-corrected chi connectivity index (χ2v) is 12.2. The number of benzene rings is 3. The number of carboxylic acids is 2. The van der Waals surface area contributed by atoms with Crippen molar-refractivity contribution in [3.05, 3.63) is 94.8 Å². The van der Waals surface area contributed by atoms with Crippen molar-refractivity contribution < 1.29 is 34.1 Å². The molecule has 4 N–H and O–H groups in total. The Morgan fingerprint density at radius 2 is 1.84 bits per heavy atom. The normalized spacial score (nSPS) is 12.9. The number of amides is 3. The van der Waals surface area contributed by atoms with Crippen molar-refractivity contribution in [2.75, 3.05) is 23.4 Å². The van der Waals surface area contributed by atoms with Gasteiger partial charge in [-0.2, -0.15) is 5.10 Å². The molecule has 12 nitrogen and oxygen atoms in total. The molecule has 0 saturated heterocycles. The fourth-order valence-electron chi connectivity index (χ4n) is 5.81. The summed E-state index contributed by atoms with van der Waals surface area (Å²) in [5, 5.41) is 28.3. The number of hydrogen-bond acceptors (Lipinski definition) is 6. The zero-order valence-electron chi connectivity index (χ0n) is 27.0. The van der Waals surface area contributed by atoms with Gasteiger partial charge in [0.05, 0.1) is 19.3 Å². The topological polar surface area (TPSA) is 163 Å². The average Bonchev–Trinajstić information content (AvgIpc) is 3.54. The molecule has 3 amide bonds. The maximum absolute atomic E-state index is 13.3. The van der Waals surface area contributed by atoms with E-state index >= 15 is 0 Å². The predicted octanol–water partition coefficient (Wildman–Crippen LogP) is 6.14. The minimum atomic E-state index is -1.33. The van der Waals surface area contributed by atoms with Gasteiger partial charge >= 0.3 is 18.0 Å². The van der Waals surface area contributed by atoms with Crippen LogP contribution in [0.15, 0.2) is 73.1 Å². The predicted molar refractivity (Wildman–Crippen MR) is 185 cm³/mol. The van der Waals surface area contributed by atoms with Crippen LogP contribution in [0.4, 0.5) is 16.2 Å². The third-order valence-corrected chi connectivity index (χ3v) is 8.70. The SMILES string of the molecule is Cc1c(Cl)cccc1OCCCC(=O)N1CCCc2c(-c3cnn(Cc4cccc(NC(=O)NC(CCC(=O)O)C(=O)O)c4)c3)cccc21. The zero-order valence-corrected chi connectivity index (χ0v) is 27.8. The summed E-state index contributed by atoms with van der Waals surface area (Å²) in [6.07, 6.45) is 5.75. The van der Waals surface area contributed by atoms with Gasteiger partial charge in [-0.25, -0.2) is 9.59 Å². The standard InChI is InChI=1S/C36H38ClN5O7/c1-23-29(37)11-4-13-32(23)49-18-6-14-33(43)42-17-5-10-28-27(9-3-12-31(28)42)25-20-38-41(22-25)21-24-7-2-8-26(19-24)39-36(48)40-30(35(46)47)15-16-34(44)45/h2-4,7-9,11-13,19-20,22,30H,5-6,10,14-18,21H2,1H3,(H,44,45)(H,46,47)(H2,39,40,48). The van der Waals surface area contributed by atoms with E-state index in [9.17, 15) is 24.3 Å². The van der Waals surface area contributed by atoms with Crippen LogP contribution in [-0.2, 0) is 27.3 Å². The summed E-state index contributed by atoms with van der Waals surface area (Å²) in [7, 11) is 0. The number of fused-ring (bicyclic) bond motifs is 1. The van der Waals surface area contributed by atoms with Crippen LogP contribution in [-0.4, -0.2) is 63.1 Å². The highest BCUT2D eigenvalue weighted by atomic mass is 35.5. The van der Waals surface area contributed by atoms with Crippen molar-refractivity contribution in [3.8, 4) is 16.9 Å². The fourth-order valence-corrected chi connectivity index (χ4v) is 5.98. The highest BCUT2D eigenvalue weighted by Gasteiger charge is 2.25. The molecule has 1 aliphatic rings. The van der Waals surface area contributed by atoms with Crippen molar-refractivity contribution in [1.82, 2.24) is 15.1 Å². The molecule has 0 fully saturated rings. The number of nitrogens with zero attached hydrogens (tertiary/aromatic N) is 3. The molecule has 1 atom stereocenters. The molecule has 0 radical (unpaired) electrons. The van der Waals surface area contributed by atoms with Crippen LogP contribution in [0, 0.1) is 6.92 Å². The van der Waals surface area contributed by atoms with E-state index in [1.807, 2.05) is 60.5 Å². The Bertz CT molecular complexity index is 1840. The fraction of sp³-hybridized carbons (Fsp3) is 0.306. The molecular formula is C36H38ClN5O7. The number of carboxylic acid groups (broad SMARTS) is 2. The van der Waals surface area contributed by atoms with Crippen LogP contribution in [0.1, 0.15) is 48.8 Å². The smallest absolute Gasteiger partial charge is 0.326 e. The van der Waals surface area contributed by atoms with Gasteiger partial charge in [-0.15, -0.1) is 0 Å². The maximum Gasteiger partial charge on any atom is 0.326 e. The van der Waals surface area contributed by atoms with E-state index in [0.29, 0.717) is 43.2 Å². The van der Waals surface area contributed by atoms with E-state index in [1.165, 1.54) is 0 Å². The molecule has 13 heteroatoms. The van der Waals surface area contributed by atoms with E-state index in [4.69, 9.17) is 21.4 Å². The van der Waals surface area contributed by atoms with Gasteiger partial charge in [0.2, 0.25) is 5.91 Å². The molecule has 49 heavy (non-hydrogen) atoms. The van der Waals surface area contributed by atoms with Gasteiger partial charge in [0.1, 0.15) is 11.8 Å². The van der Waals surface area contributed by atoms with Crippen LogP contribution in [0.5, 0.6) is 5.75 Å². The molecule has 1 unspecified atom stereocenters. The molecule has 256 valence electrons. The zero-order chi connectivity index (χ0) is 34.9. The molecule has 5 rings (SSSR count). The van der Waals surface area contributed by atoms with Gasteiger partial charge in [0, 0.05) is 53.1 Å². The first-order valence-corrected chi connectivity index (χ1v) is 16.4. The van der Waals surface area contributed by atoms with E-state index in [2.05, 4.69) is 15.7 Å². The number of hydrogen-bond donors (Lipinski definition) is 4. The monoisotopic (exact) mass is 687 g/mol. The largest absolute Gasteiger partial charge is 0.493 e. The Morgan fingerprint density at radius 1 is 1.04 bits per heavy atom. The molecule has 0 bridgehead atoms. The first kappa shape index (κ1) is 35.0. The van der Waals surface area contributed by atoms with E-state index in [0.717, 1.165) is 52.1 Å². The van der Waals surface area contributed by atoms with Gasteiger partial charge in [-0.1, -0.05) is 41.9 Å². The highest BCUT2D eigenvalue weighted by Crippen LogP contribution is 2.36. The Hall–Kier alpha value is -5.36. The summed E-state index contributed by atoms with van der Waals surface area (Å²) in [6, 6.07) is 16.5. The average molecular weight is 688 g/mol. The minimum Gasteiger partial charge on any atom is -0.493 e. The number of anilines is 2. The molecular weight excluding hydrogens is 650 g/mol. The van der Waals surface area contributed by atoms with Crippen LogP contribution < -0.4 is 20.3 Å². The van der Waals surface area contributed by atoms with Gasteiger partial charge < -0.3 is 30.5 Å². The lowest BCUT2D eigenvalue weighted by Gasteiger charge is -2.31.